The van der Waals surface area contributed by atoms with Crippen LogP contribution in [0.3, 0.4) is 0 Å². The van der Waals surface area contributed by atoms with Gasteiger partial charge in [-0.25, -0.2) is 0 Å². The average molecular weight is 290 g/mol. The Morgan fingerprint density at radius 2 is 2.00 bits per heavy atom. The number of carbonyl (C=O) groups excluding carboxylic acids is 2. The molecule has 5 nitrogen and oxygen atoms in total. The van der Waals surface area contributed by atoms with E-state index in [0.29, 0.717) is 19.6 Å². The van der Waals surface area contributed by atoms with Crippen molar-refractivity contribution in [2.45, 2.75) is 25.3 Å². The van der Waals surface area contributed by atoms with E-state index in [9.17, 15) is 9.59 Å². The van der Waals surface area contributed by atoms with E-state index in [2.05, 4.69) is 5.32 Å². The maximum atomic E-state index is 12.4. The number of hydrogen-bond acceptors (Lipinski definition) is 3. The Labute approximate surface area is 125 Å². The first-order valence-corrected chi connectivity index (χ1v) is 7.31. The molecule has 1 aliphatic rings. The number of hydrogen-bond donors (Lipinski definition) is 1. The van der Waals surface area contributed by atoms with Gasteiger partial charge in [-0.3, -0.25) is 9.59 Å². The Morgan fingerprint density at radius 3 is 2.71 bits per heavy atom. The van der Waals surface area contributed by atoms with Crippen molar-refractivity contribution >= 4 is 11.8 Å². The molecule has 114 valence electrons. The molecule has 1 unspecified atom stereocenters. The van der Waals surface area contributed by atoms with E-state index in [4.69, 9.17) is 4.74 Å². The molecule has 1 aliphatic heterocycles. The van der Waals surface area contributed by atoms with Gasteiger partial charge in [-0.2, -0.15) is 0 Å². The van der Waals surface area contributed by atoms with Crippen molar-refractivity contribution in [3.05, 3.63) is 35.9 Å². The fourth-order valence-corrected chi connectivity index (χ4v) is 2.50. The van der Waals surface area contributed by atoms with Crippen molar-refractivity contribution in [2.75, 3.05) is 26.8 Å². The SMILES string of the molecule is COCCCCN1CC(=O)NC(Cc2ccccc2)C1=O. The molecule has 1 aromatic rings. The number of nitrogens with one attached hydrogen (secondary N) is 1. The third kappa shape index (κ3) is 4.56. The van der Waals surface area contributed by atoms with Gasteiger partial charge >= 0.3 is 0 Å². The topological polar surface area (TPSA) is 58.6 Å². The lowest BCUT2D eigenvalue weighted by atomic mass is 10.0. The van der Waals surface area contributed by atoms with E-state index >= 15 is 0 Å². The average Bonchev–Trinajstić information content (AvgIpc) is 2.49. The van der Waals surface area contributed by atoms with E-state index in [-0.39, 0.29) is 18.4 Å². The van der Waals surface area contributed by atoms with E-state index in [1.807, 2.05) is 30.3 Å². The minimum Gasteiger partial charge on any atom is -0.385 e. The molecule has 2 rings (SSSR count). The maximum absolute atomic E-state index is 12.4. The summed E-state index contributed by atoms with van der Waals surface area (Å²) in [4.78, 5) is 25.9. The number of unbranched alkanes of at least 4 members (excludes halogenated alkanes) is 1. The zero-order chi connectivity index (χ0) is 15.1. The number of nitrogens with zero attached hydrogens (tertiary/aromatic N) is 1. The van der Waals surface area contributed by atoms with Gasteiger partial charge in [0.05, 0.1) is 6.54 Å². The molecule has 21 heavy (non-hydrogen) atoms. The summed E-state index contributed by atoms with van der Waals surface area (Å²) in [6.45, 7) is 1.46. The fraction of sp³-hybridized carbons (Fsp3) is 0.500. The number of ether oxygens (including phenoxy) is 1. The predicted octanol–water partition coefficient (Wildman–Crippen LogP) is 0.983. The molecule has 0 saturated carbocycles. The molecular weight excluding hydrogens is 268 g/mol. The molecule has 1 fully saturated rings. The summed E-state index contributed by atoms with van der Waals surface area (Å²) in [5, 5.41) is 2.79. The van der Waals surface area contributed by atoms with Crippen LogP contribution in [0.1, 0.15) is 18.4 Å². The largest absolute Gasteiger partial charge is 0.385 e. The van der Waals surface area contributed by atoms with Crippen LogP contribution in [0.2, 0.25) is 0 Å². The molecule has 1 N–H and O–H groups in total. The molecule has 5 heteroatoms. The summed E-state index contributed by atoms with van der Waals surface area (Å²) in [5.74, 6) is -0.0712. The predicted molar refractivity (Wildman–Crippen MR) is 79.8 cm³/mol. The molecule has 0 aliphatic carbocycles. The molecule has 2 amide bonds. The standard InChI is InChI=1S/C16H22N2O3/c1-21-10-6-5-9-18-12-15(19)17-14(16(18)20)11-13-7-3-2-4-8-13/h2-4,7-8,14H,5-6,9-12H2,1H3,(H,17,19). The van der Waals surface area contributed by atoms with E-state index in [1.165, 1.54) is 0 Å². The number of methoxy groups -OCH3 is 1. The third-order valence-electron chi connectivity index (χ3n) is 3.59. The highest BCUT2D eigenvalue weighted by Gasteiger charge is 2.32. The van der Waals surface area contributed by atoms with Crippen LogP contribution < -0.4 is 5.32 Å². The minimum atomic E-state index is -0.448. The van der Waals surface area contributed by atoms with Crippen molar-refractivity contribution in [1.82, 2.24) is 10.2 Å². The Bertz CT molecular complexity index is 476. The minimum absolute atomic E-state index is 0.0101. The summed E-state index contributed by atoms with van der Waals surface area (Å²) in [7, 11) is 1.66. The number of carbonyl (C=O) groups is 2. The van der Waals surface area contributed by atoms with Crippen molar-refractivity contribution in [1.29, 1.82) is 0 Å². The molecule has 0 spiro atoms. The second kappa shape index (κ2) is 7.78. The molecule has 1 saturated heterocycles. The Morgan fingerprint density at radius 1 is 1.24 bits per heavy atom. The van der Waals surface area contributed by atoms with Crippen LogP contribution in [0.25, 0.3) is 0 Å². The van der Waals surface area contributed by atoms with Crippen LogP contribution in [0.5, 0.6) is 0 Å². The fourth-order valence-electron chi connectivity index (χ4n) is 2.50. The lowest BCUT2D eigenvalue weighted by molar-refractivity contribution is -0.144. The van der Waals surface area contributed by atoms with Gasteiger partial charge in [-0.1, -0.05) is 30.3 Å². The summed E-state index contributed by atoms with van der Waals surface area (Å²) < 4.78 is 5.00. The number of piperazine rings is 1. The molecule has 1 atom stereocenters. The van der Waals surface area contributed by atoms with Gasteiger partial charge in [0.25, 0.3) is 0 Å². The zero-order valence-corrected chi connectivity index (χ0v) is 12.4. The van der Waals surface area contributed by atoms with Crippen LogP contribution in [-0.2, 0) is 20.7 Å². The Balaban J connectivity index is 1.92. The molecular formula is C16H22N2O3. The first kappa shape index (κ1) is 15.5. The van der Waals surface area contributed by atoms with E-state index in [1.54, 1.807) is 12.0 Å². The van der Waals surface area contributed by atoms with Gasteiger partial charge in [0.15, 0.2) is 0 Å². The van der Waals surface area contributed by atoms with Crippen molar-refractivity contribution in [3.63, 3.8) is 0 Å². The maximum Gasteiger partial charge on any atom is 0.245 e. The Hall–Kier alpha value is -1.88. The van der Waals surface area contributed by atoms with Crippen LogP contribution >= 0.6 is 0 Å². The summed E-state index contributed by atoms with van der Waals surface area (Å²) in [6.07, 6.45) is 2.29. The third-order valence-corrected chi connectivity index (χ3v) is 3.59. The monoisotopic (exact) mass is 290 g/mol. The van der Waals surface area contributed by atoms with Gasteiger partial charge in [0.2, 0.25) is 11.8 Å². The number of amides is 2. The summed E-state index contributed by atoms with van der Waals surface area (Å²) >= 11 is 0. The highest BCUT2D eigenvalue weighted by molar-refractivity contribution is 5.95. The molecule has 1 aromatic carbocycles. The van der Waals surface area contributed by atoms with Gasteiger partial charge in [-0.05, 0) is 18.4 Å². The van der Waals surface area contributed by atoms with E-state index in [0.717, 1.165) is 18.4 Å². The van der Waals surface area contributed by atoms with Crippen molar-refractivity contribution in [2.24, 2.45) is 0 Å². The van der Waals surface area contributed by atoms with Gasteiger partial charge in [-0.15, -0.1) is 0 Å². The first-order chi connectivity index (χ1) is 10.2. The normalized spacial score (nSPS) is 18.7. The quantitative estimate of drug-likeness (QED) is 0.762. The van der Waals surface area contributed by atoms with Crippen LogP contribution in [0.15, 0.2) is 30.3 Å². The highest BCUT2D eigenvalue weighted by Crippen LogP contribution is 2.10. The molecule has 0 aromatic heterocycles. The van der Waals surface area contributed by atoms with Gasteiger partial charge in [0.1, 0.15) is 6.04 Å². The lowest BCUT2D eigenvalue weighted by Crippen LogP contribution is -2.58. The van der Waals surface area contributed by atoms with Crippen molar-refractivity contribution in [3.8, 4) is 0 Å². The molecule has 0 bridgehead atoms. The van der Waals surface area contributed by atoms with Crippen LogP contribution in [-0.4, -0.2) is 49.6 Å². The van der Waals surface area contributed by atoms with E-state index < -0.39 is 6.04 Å². The van der Waals surface area contributed by atoms with Gasteiger partial charge < -0.3 is 15.0 Å². The number of rotatable bonds is 7. The Kier molecular flexibility index (Phi) is 5.75. The highest BCUT2D eigenvalue weighted by atomic mass is 16.5. The van der Waals surface area contributed by atoms with Crippen molar-refractivity contribution < 1.29 is 14.3 Å². The van der Waals surface area contributed by atoms with Gasteiger partial charge in [0, 0.05) is 26.7 Å². The summed E-state index contributed by atoms with van der Waals surface area (Å²) in [6, 6.07) is 9.30. The molecule has 0 radical (unpaired) electrons. The number of benzene rings is 1. The second-order valence-electron chi connectivity index (χ2n) is 5.27. The van der Waals surface area contributed by atoms with Crippen LogP contribution in [0.4, 0.5) is 0 Å². The second-order valence-corrected chi connectivity index (χ2v) is 5.27. The summed E-state index contributed by atoms with van der Waals surface area (Å²) in [5.41, 5.74) is 1.05. The lowest BCUT2D eigenvalue weighted by Gasteiger charge is -2.32. The van der Waals surface area contributed by atoms with Crippen LogP contribution in [0, 0.1) is 0 Å². The molecule has 1 heterocycles. The zero-order valence-electron chi connectivity index (χ0n) is 12.4. The first-order valence-electron chi connectivity index (χ1n) is 7.31. The smallest absolute Gasteiger partial charge is 0.245 e.